The molecular formula is C27H27N5O. The fourth-order valence-electron chi connectivity index (χ4n) is 4.24. The van der Waals surface area contributed by atoms with Crippen LogP contribution in [-0.2, 0) is 0 Å². The average molecular weight is 438 g/mol. The Kier molecular flexibility index (Phi) is 5.67. The van der Waals surface area contributed by atoms with Crippen LogP contribution in [0.5, 0.6) is 0 Å². The maximum atomic E-state index is 11.4. The zero-order valence-electron chi connectivity index (χ0n) is 18.7. The van der Waals surface area contributed by atoms with E-state index >= 15 is 0 Å². The molecule has 6 nitrogen and oxygen atoms in total. The number of pyridine rings is 1. The smallest absolute Gasteiger partial charge is 0.248 e. The number of fused-ring (bicyclic) bond motifs is 1. The summed E-state index contributed by atoms with van der Waals surface area (Å²) in [7, 11) is 2.17. The topological polar surface area (TPSA) is 74.5 Å². The Bertz CT molecular complexity index is 1280. The number of primary amides is 1. The van der Waals surface area contributed by atoms with Crippen molar-refractivity contribution in [2.24, 2.45) is 5.73 Å². The molecule has 1 aliphatic heterocycles. The number of anilines is 3. The number of nitrogens with one attached hydrogen (secondary N) is 1. The molecule has 0 unspecified atom stereocenters. The first-order valence-electron chi connectivity index (χ1n) is 11.2. The minimum atomic E-state index is -0.422. The number of nitrogens with zero attached hydrogens (tertiary/aromatic N) is 3. The van der Waals surface area contributed by atoms with E-state index in [9.17, 15) is 4.79 Å². The van der Waals surface area contributed by atoms with Crippen molar-refractivity contribution in [3.8, 4) is 11.1 Å². The quantitative estimate of drug-likeness (QED) is 0.481. The van der Waals surface area contributed by atoms with Gasteiger partial charge in [0.15, 0.2) is 0 Å². The molecule has 4 aromatic rings. The summed E-state index contributed by atoms with van der Waals surface area (Å²) >= 11 is 0. The van der Waals surface area contributed by atoms with E-state index in [0.717, 1.165) is 59.6 Å². The monoisotopic (exact) mass is 437 g/mol. The van der Waals surface area contributed by atoms with Gasteiger partial charge in [0, 0.05) is 60.4 Å². The van der Waals surface area contributed by atoms with Gasteiger partial charge in [0.25, 0.3) is 0 Å². The highest BCUT2D eigenvalue weighted by Gasteiger charge is 2.14. The van der Waals surface area contributed by atoms with Gasteiger partial charge in [0.1, 0.15) is 0 Å². The van der Waals surface area contributed by atoms with Crippen LogP contribution in [0.25, 0.3) is 22.0 Å². The number of piperazine rings is 1. The number of aromatic nitrogens is 1. The molecule has 0 aliphatic carbocycles. The summed E-state index contributed by atoms with van der Waals surface area (Å²) in [6.07, 6.45) is 1.82. The molecule has 0 radical (unpaired) electrons. The molecular weight excluding hydrogens is 410 g/mol. The second-order valence-electron chi connectivity index (χ2n) is 8.49. The van der Waals surface area contributed by atoms with E-state index in [0.29, 0.717) is 5.56 Å². The van der Waals surface area contributed by atoms with Gasteiger partial charge < -0.3 is 20.9 Å². The number of hydrogen-bond acceptors (Lipinski definition) is 5. The highest BCUT2D eigenvalue weighted by atomic mass is 16.1. The molecule has 33 heavy (non-hydrogen) atoms. The predicted octanol–water partition coefficient (Wildman–Crippen LogP) is 4.50. The van der Waals surface area contributed by atoms with Gasteiger partial charge in [-0.15, -0.1) is 0 Å². The number of rotatable bonds is 5. The highest BCUT2D eigenvalue weighted by Crippen LogP contribution is 2.30. The van der Waals surface area contributed by atoms with Gasteiger partial charge in [0.05, 0.1) is 5.52 Å². The molecule has 3 aromatic carbocycles. The number of amides is 1. The van der Waals surface area contributed by atoms with E-state index in [1.807, 2.05) is 36.5 Å². The van der Waals surface area contributed by atoms with Crippen LogP contribution in [0.3, 0.4) is 0 Å². The Hall–Kier alpha value is -3.90. The second kappa shape index (κ2) is 8.92. The van der Waals surface area contributed by atoms with E-state index in [1.54, 1.807) is 12.1 Å². The van der Waals surface area contributed by atoms with Gasteiger partial charge in [-0.25, -0.2) is 0 Å². The van der Waals surface area contributed by atoms with Gasteiger partial charge in [-0.2, -0.15) is 0 Å². The van der Waals surface area contributed by atoms with Crippen LogP contribution < -0.4 is 16.0 Å². The van der Waals surface area contributed by atoms with E-state index in [1.165, 1.54) is 5.69 Å². The minimum absolute atomic E-state index is 0.422. The molecule has 1 amide bonds. The van der Waals surface area contributed by atoms with Crippen molar-refractivity contribution in [3.63, 3.8) is 0 Å². The SMILES string of the molecule is CN1CCN(c2ccc(Nc3ccnc4ccc(-c5ccc(C(N)=O)cc5)cc34)cc2)CC1. The van der Waals surface area contributed by atoms with E-state index in [-0.39, 0.29) is 0 Å². The largest absolute Gasteiger partial charge is 0.369 e. The molecule has 0 saturated carbocycles. The Labute approximate surface area is 193 Å². The van der Waals surface area contributed by atoms with E-state index in [2.05, 4.69) is 57.5 Å². The second-order valence-corrected chi connectivity index (χ2v) is 8.49. The lowest BCUT2D eigenvalue weighted by molar-refractivity contribution is 0.100. The molecule has 1 fully saturated rings. The van der Waals surface area contributed by atoms with Crippen LogP contribution in [0.2, 0.25) is 0 Å². The van der Waals surface area contributed by atoms with Gasteiger partial charge in [0.2, 0.25) is 5.91 Å². The molecule has 6 heteroatoms. The van der Waals surface area contributed by atoms with Crippen molar-refractivity contribution in [2.75, 3.05) is 43.4 Å². The number of hydrogen-bond donors (Lipinski definition) is 2. The Balaban J connectivity index is 1.40. The van der Waals surface area contributed by atoms with Crippen molar-refractivity contribution < 1.29 is 4.79 Å². The molecule has 1 saturated heterocycles. The minimum Gasteiger partial charge on any atom is -0.369 e. The molecule has 1 aromatic heterocycles. The summed E-state index contributed by atoms with van der Waals surface area (Å²) in [6.45, 7) is 4.30. The average Bonchev–Trinajstić information content (AvgIpc) is 2.85. The third-order valence-corrected chi connectivity index (χ3v) is 6.26. The number of likely N-dealkylation sites (N-methyl/N-ethyl adjacent to an activating group) is 1. The zero-order chi connectivity index (χ0) is 22.8. The lowest BCUT2D eigenvalue weighted by atomic mass is 10.0. The molecule has 166 valence electrons. The van der Waals surface area contributed by atoms with Crippen molar-refractivity contribution in [2.45, 2.75) is 0 Å². The third kappa shape index (κ3) is 4.52. The summed E-state index contributed by atoms with van der Waals surface area (Å²) in [6, 6.07) is 24.2. The number of carbonyl (C=O) groups excluding carboxylic acids is 1. The fraction of sp³-hybridized carbons (Fsp3) is 0.185. The standard InChI is InChI=1S/C27H27N5O/c1-31-14-16-32(17-15-31)23-9-7-22(8-10-23)30-26-12-13-29-25-11-6-21(18-24(25)26)19-2-4-20(5-3-19)27(28)33/h2-13,18H,14-17H2,1H3,(H2,28,33)(H,29,30). The Morgan fingerprint density at radius 3 is 2.27 bits per heavy atom. The number of benzene rings is 3. The zero-order valence-corrected chi connectivity index (χ0v) is 18.7. The normalized spacial score (nSPS) is 14.4. The van der Waals surface area contributed by atoms with Crippen LogP contribution >= 0.6 is 0 Å². The lowest BCUT2D eigenvalue weighted by Crippen LogP contribution is -2.44. The predicted molar refractivity (Wildman–Crippen MR) is 135 cm³/mol. The van der Waals surface area contributed by atoms with Crippen molar-refractivity contribution in [3.05, 3.63) is 84.6 Å². The first-order chi connectivity index (χ1) is 16.1. The number of carbonyl (C=O) groups is 1. The van der Waals surface area contributed by atoms with Crippen molar-refractivity contribution in [1.29, 1.82) is 0 Å². The first-order valence-corrected chi connectivity index (χ1v) is 11.2. The fourth-order valence-corrected chi connectivity index (χ4v) is 4.24. The molecule has 0 spiro atoms. The van der Waals surface area contributed by atoms with Crippen molar-refractivity contribution in [1.82, 2.24) is 9.88 Å². The summed E-state index contributed by atoms with van der Waals surface area (Å²) in [5.74, 6) is -0.422. The lowest BCUT2D eigenvalue weighted by Gasteiger charge is -2.34. The molecule has 3 N–H and O–H groups in total. The van der Waals surface area contributed by atoms with Crippen LogP contribution in [0, 0.1) is 0 Å². The highest BCUT2D eigenvalue weighted by molar-refractivity contribution is 5.96. The number of nitrogens with two attached hydrogens (primary N) is 1. The van der Waals surface area contributed by atoms with E-state index < -0.39 is 5.91 Å². The molecule has 5 rings (SSSR count). The summed E-state index contributed by atoms with van der Waals surface area (Å²) < 4.78 is 0. The Morgan fingerprint density at radius 2 is 1.58 bits per heavy atom. The maximum Gasteiger partial charge on any atom is 0.248 e. The van der Waals surface area contributed by atoms with Gasteiger partial charge in [-0.05, 0) is 72.8 Å². The van der Waals surface area contributed by atoms with Gasteiger partial charge in [-0.1, -0.05) is 18.2 Å². The maximum absolute atomic E-state index is 11.4. The van der Waals surface area contributed by atoms with Gasteiger partial charge in [-0.3, -0.25) is 9.78 Å². The Morgan fingerprint density at radius 1 is 0.879 bits per heavy atom. The summed E-state index contributed by atoms with van der Waals surface area (Å²) in [5.41, 5.74) is 12.2. The molecule has 2 heterocycles. The van der Waals surface area contributed by atoms with Crippen LogP contribution in [-0.4, -0.2) is 49.0 Å². The summed E-state index contributed by atoms with van der Waals surface area (Å²) in [4.78, 5) is 20.7. The molecule has 0 atom stereocenters. The van der Waals surface area contributed by atoms with Crippen molar-refractivity contribution >= 4 is 33.9 Å². The van der Waals surface area contributed by atoms with E-state index in [4.69, 9.17) is 5.73 Å². The van der Waals surface area contributed by atoms with Crippen LogP contribution in [0.1, 0.15) is 10.4 Å². The summed E-state index contributed by atoms with van der Waals surface area (Å²) in [5, 5.41) is 4.60. The van der Waals surface area contributed by atoms with Crippen LogP contribution in [0.4, 0.5) is 17.1 Å². The molecule has 1 aliphatic rings. The third-order valence-electron chi connectivity index (χ3n) is 6.26. The van der Waals surface area contributed by atoms with Gasteiger partial charge >= 0.3 is 0 Å². The first kappa shape index (κ1) is 21.0. The molecule has 0 bridgehead atoms. The van der Waals surface area contributed by atoms with Crippen LogP contribution in [0.15, 0.2) is 79.0 Å².